The van der Waals surface area contributed by atoms with E-state index in [9.17, 15) is 5.11 Å². The lowest BCUT2D eigenvalue weighted by molar-refractivity contribution is -0.107. The Morgan fingerprint density at radius 1 is 1.10 bits per heavy atom. The van der Waals surface area contributed by atoms with Gasteiger partial charge >= 0.3 is 0 Å². The summed E-state index contributed by atoms with van der Waals surface area (Å²) in [4.78, 5) is 0. The van der Waals surface area contributed by atoms with Crippen molar-refractivity contribution in [3.8, 4) is 0 Å². The molecule has 6 rings (SSSR count). The third-order valence-electron chi connectivity index (χ3n) is 11.1. The monoisotopic (exact) mass is 411 g/mol. The van der Waals surface area contributed by atoms with Gasteiger partial charge in [-0.2, -0.15) is 0 Å². The van der Waals surface area contributed by atoms with Gasteiger partial charge in [0, 0.05) is 17.9 Å². The highest BCUT2D eigenvalue weighted by Gasteiger charge is 2.67. The van der Waals surface area contributed by atoms with Gasteiger partial charge in [0.1, 0.15) is 5.72 Å². The first-order chi connectivity index (χ1) is 14.3. The standard InChI is InChI=1S/C27H41NO2/c1-16-9-12-27(28-15-16)17(2)26(4)23-8-7-22-20(21(23)14-24(26)30-27)6-5-18-13-19(29)10-11-25(18,22)3/h5,8,16-17,19-22,24,28-29H,6-7,9-15H2,1-4H3/t16-,17-,19-,20-,21-,22-,24+,25-,26-,27-/m0/s1. The second-order valence-corrected chi connectivity index (χ2v) is 12.3. The Kier molecular flexibility index (Phi) is 4.30. The molecule has 2 N–H and O–H groups in total. The highest BCUT2D eigenvalue weighted by atomic mass is 16.5. The van der Waals surface area contributed by atoms with Crippen LogP contribution in [0, 0.1) is 40.4 Å². The predicted molar refractivity (Wildman–Crippen MR) is 120 cm³/mol. The predicted octanol–water partition coefficient (Wildman–Crippen LogP) is 5.21. The molecule has 6 aliphatic rings. The maximum atomic E-state index is 10.2. The number of hydrogen-bond acceptors (Lipinski definition) is 3. The lowest BCUT2D eigenvalue weighted by atomic mass is 9.51. The van der Waals surface area contributed by atoms with Gasteiger partial charge in [0.15, 0.2) is 0 Å². The molecule has 3 heteroatoms. The summed E-state index contributed by atoms with van der Waals surface area (Å²) in [7, 11) is 0. The largest absolute Gasteiger partial charge is 0.393 e. The van der Waals surface area contributed by atoms with E-state index in [-0.39, 0.29) is 17.2 Å². The first-order valence-electron chi connectivity index (χ1n) is 12.8. The number of aliphatic hydroxyl groups excluding tert-OH is 1. The second kappa shape index (κ2) is 6.45. The molecule has 0 aromatic rings. The quantitative estimate of drug-likeness (QED) is 0.538. The molecule has 2 saturated carbocycles. The lowest BCUT2D eigenvalue weighted by Crippen LogP contribution is -2.56. The van der Waals surface area contributed by atoms with Crippen LogP contribution in [0.25, 0.3) is 0 Å². The van der Waals surface area contributed by atoms with Crippen LogP contribution in [0.3, 0.4) is 0 Å². The minimum absolute atomic E-state index is 0.0975. The van der Waals surface area contributed by atoms with Crippen molar-refractivity contribution in [1.82, 2.24) is 5.32 Å². The summed E-state index contributed by atoms with van der Waals surface area (Å²) in [6.07, 6.45) is 14.6. The van der Waals surface area contributed by atoms with Gasteiger partial charge in [-0.15, -0.1) is 0 Å². The van der Waals surface area contributed by atoms with Crippen molar-refractivity contribution >= 4 is 0 Å². The van der Waals surface area contributed by atoms with Gasteiger partial charge in [-0.05, 0) is 80.5 Å². The Labute approximate surface area is 182 Å². The van der Waals surface area contributed by atoms with Crippen molar-refractivity contribution in [2.45, 2.75) is 97.0 Å². The number of rotatable bonds is 0. The van der Waals surface area contributed by atoms with Gasteiger partial charge in [-0.3, -0.25) is 5.32 Å². The molecule has 2 saturated heterocycles. The highest BCUT2D eigenvalue weighted by Crippen LogP contribution is 2.68. The Bertz CT molecular complexity index is 793. The van der Waals surface area contributed by atoms with Gasteiger partial charge in [0.05, 0.1) is 12.2 Å². The number of piperidine rings is 1. The van der Waals surface area contributed by atoms with Crippen LogP contribution >= 0.6 is 0 Å². The normalized spacial score (nSPS) is 57.2. The fourth-order valence-electron chi connectivity index (χ4n) is 8.98. The molecule has 0 aromatic carbocycles. The van der Waals surface area contributed by atoms with Crippen LogP contribution < -0.4 is 5.32 Å². The van der Waals surface area contributed by atoms with Crippen LogP contribution in [0.4, 0.5) is 0 Å². The van der Waals surface area contributed by atoms with E-state index in [4.69, 9.17) is 4.74 Å². The number of fused-ring (bicyclic) bond motifs is 7. The summed E-state index contributed by atoms with van der Waals surface area (Å²) in [5, 5.41) is 14.1. The molecule has 1 spiro atoms. The van der Waals surface area contributed by atoms with Crippen LogP contribution in [0.5, 0.6) is 0 Å². The summed E-state index contributed by atoms with van der Waals surface area (Å²) < 4.78 is 6.99. The number of allylic oxidation sites excluding steroid dienone is 2. The maximum Gasteiger partial charge on any atom is 0.123 e. The molecule has 2 aliphatic heterocycles. The second-order valence-electron chi connectivity index (χ2n) is 12.3. The molecule has 2 heterocycles. The smallest absolute Gasteiger partial charge is 0.123 e. The van der Waals surface area contributed by atoms with Crippen LogP contribution in [0.2, 0.25) is 0 Å². The van der Waals surface area contributed by atoms with E-state index in [2.05, 4.69) is 45.2 Å². The average Bonchev–Trinajstić information content (AvgIpc) is 3.12. The van der Waals surface area contributed by atoms with Crippen molar-refractivity contribution in [3.63, 3.8) is 0 Å². The molecule has 30 heavy (non-hydrogen) atoms. The molecule has 4 aliphatic carbocycles. The number of aliphatic hydroxyl groups is 1. The Hall–Kier alpha value is -0.640. The van der Waals surface area contributed by atoms with Gasteiger partial charge in [-0.25, -0.2) is 0 Å². The molecule has 10 atom stereocenters. The van der Waals surface area contributed by atoms with E-state index in [1.807, 2.05) is 0 Å². The van der Waals surface area contributed by atoms with Crippen molar-refractivity contribution in [1.29, 1.82) is 0 Å². The minimum atomic E-state index is -0.114. The van der Waals surface area contributed by atoms with Crippen molar-refractivity contribution in [2.75, 3.05) is 6.54 Å². The Morgan fingerprint density at radius 2 is 1.93 bits per heavy atom. The van der Waals surface area contributed by atoms with Crippen molar-refractivity contribution in [2.24, 2.45) is 40.4 Å². The van der Waals surface area contributed by atoms with Crippen molar-refractivity contribution in [3.05, 3.63) is 23.3 Å². The molecule has 3 nitrogen and oxygen atoms in total. The van der Waals surface area contributed by atoms with E-state index >= 15 is 0 Å². The molecule has 0 radical (unpaired) electrons. The average molecular weight is 412 g/mol. The SMILES string of the molecule is C[C@H]1CC[C@]2(NC1)O[C@@H]1C[C@@H]3C(=CC[C@H]4[C@H]3CC=C3C[C@@H](O)CC[C@@]34C)[C@]1(C)[C@@H]2C. The maximum absolute atomic E-state index is 10.2. The molecule has 166 valence electrons. The summed E-state index contributed by atoms with van der Waals surface area (Å²) in [6, 6.07) is 0. The van der Waals surface area contributed by atoms with Crippen LogP contribution in [0.1, 0.15) is 79.1 Å². The van der Waals surface area contributed by atoms with E-state index in [1.165, 1.54) is 25.7 Å². The summed E-state index contributed by atoms with van der Waals surface area (Å²) in [5.74, 6) is 3.51. The van der Waals surface area contributed by atoms with Gasteiger partial charge in [0.25, 0.3) is 0 Å². The van der Waals surface area contributed by atoms with Gasteiger partial charge < -0.3 is 9.84 Å². The Morgan fingerprint density at radius 3 is 2.70 bits per heavy atom. The summed E-state index contributed by atoms with van der Waals surface area (Å²) in [6.45, 7) is 11.0. The summed E-state index contributed by atoms with van der Waals surface area (Å²) in [5.41, 5.74) is 3.70. The molecular weight excluding hydrogens is 370 g/mol. The van der Waals surface area contributed by atoms with Crippen LogP contribution in [-0.2, 0) is 4.74 Å². The summed E-state index contributed by atoms with van der Waals surface area (Å²) >= 11 is 0. The molecule has 0 unspecified atom stereocenters. The fourth-order valence-corrected chi connectivity index (χ4v) is 8.98. The van der Waals surface area contributed by atoms with Crippen LogP contribution in [0.15, 0.2) is 23.3 Å². The topological polar surface area (TPSA) is 41.5 Å². The fraction of sp³-hybridized carbons (Fsp3) is 0.852. The lowest BCUT2D eigenvalue weighted by Gasteiger charge is -2.54. The first-order valence-corrected chi connectivity index (χ1v) is 12.8. The van der Waals surface area contributed by atoms with E-state index in [1.54, 1.807) is 11.1 Å². The van der Waals surface area contributed by atoms with Gasteiger partial charge in [-0.1, -0.05) is 51.0 Å². The van der Waals surface area contributed by atoms with E-state index < -0.39 is 0 Å². The minimum Gasteiger partial charge on any atom is -0.393 e. The van der Waals surface area contributed by atoms with Crippen molar-refractivity contribution < 1.29 is 9.84 Å². The third kappa shape index (κ3) is 2.43. The van der Waals surface area contributed by atoms with Crippen LogP contribution in [-0.4, -0.2) is 29.6 Å². The number of nitrogens with one attached hydrogen (secondary N) is 1. The zero-order valence-electron chi connectivity index (χ0n) is 19.4. The molecular formula is C27H41NO2. The molecule has 4 fully saturated rings. The van der Waals surface area contributed by atoms with Gasteiger partial charge in [0.2, 0.25) is 0 Å². The van der Waals surface area contributed by atoms with E-state index in [0.717, 1.165) is 50.0 Å². The molecule has 0 amide bonds. The number of hydrogen-bond donors (Lipinski definition) is 2. The third-order valence-corrected chi connectivity index (χ3v) is 11.1. The molecule has 0 bridgehead atoms. The van der Waals surface area contributed by atoms with E-state index in [0.29, 0.717) is 23.4 Å². The molecule has 0 aromatic heterocycles. The zero-order valence-corrected chi connectivity index (χ0v) is 19.4. The zero-order chi connectivity index (χ0) is 20.9. The first kappa shape index (κ1) is 20.0. The highest BCUT2D eigenvalue weighted by molar-refractivity contribution is 5.36. The number of ether oxygens (including phenoxy) is 1. The Balaban J connectivity index is 1.31.